The van der Waals surface area contributed by atoms with Gasteiger partial charge < -0.3 is 5.32 Å². The zero-order chi connectivity index (χ0) is 11.8. The van der Waals surface area contributed by atoms with E-state index in [-0.39, 0.29) is 0 Å². The third kappa shape index (κ3) is 2.68. The fourth-order valence-corrected chi connectivity index (χ4v) is 3.88. The first-order valence-corrected chi connectivity index (χ1v) is 7.74. The molecule has 2 aliphatic carbocycles. The largest absolute Gasteiger partial charge is 0.310 e. The summed E-state index contributed by atoms with van der Waals surface area (Å²) in [7, 11) is 0. The van der Waals surface area contributed by atoms with Gasteiger partial charge in [0.25, 0.3) is 0 Å². The van der Waals surface area contributed by atoms with E-state index < -0.39 is 0 Å². The molecule has 4 atom stereocenters. The first-order chi connectivity index (χ1) is 8.24. The Labute approximate surface area is 106 Å². The number of nitrogens with zero attached hydrogens (tertiary/aromatic N) is 1. The molecule has 0 aromatic rings. The molecule has 0 radical (unpaired) electrons. The summed E-state index contributed by atoms with van der Waals surface area (Å²) in [5.74, 6) is 1.85. The normalized spacial score (nSPS) is 44.1. The van der Waals surface area contributed by atoms with Crippen LogP contribution in [0.25, 0.3) is 0 Å². The summed E-state index contributed by atoms with van der Waals surface area (Å²) in [5, 5.41) is 3.83. The van der Waals surface area contributed by atoms with Gasteiger partial charge in [-0.15, -0.1) is 0 Å². The lowest BCUT2D eigenvalue weighted by Gasteiger charge is -2.39. The molecule has 2 saturated carbocycles. The second-order valence-corrected chi connectivity index (χ2v) is 6.76. The van der Waals surface area contributed by atoms with Crippen LogP contribution in [-0.2, 0) is 0 Å². The van der Waals surface area contributed by atoms with Crippen LogP contribution in [0.1, 0.15) is 52.4 Å². The molecule has 17 heavy (non-hydrogen) atoms. The maximum Gasteiger partial charge on any atom is 0.0198 e. The van der Waals surface area contributed by atoms with Crippen LogP contribution in [0.15, 0.2) is 0 Å². The number of nitrogens with one attached hydrogen (secondary N) is 1. The summed E-state index contributed by atoms with van der Waals surface area (Å²) in [6.07, 6.45) is 8.55. The molecule has 0 amide bonds. The third-order valence-electron chi connectivity index (χ3n) is 5.39. The zero-order valence-corrected chi connectivity index (χ0v) is 11.5. The topological polar surface area (TPSA) is 15.3 Å². The second kappa shape index (κ2) is 4.89. The highest BCUT2D eigenvalue weighted by Crippen LogP contribution is 2.36. The van der Waals surface area contributed by atoms with Crippen LogP contribution in [0.3, 0.4) is 0 Å². The molecular weight excluding hydrogens is 208 g/mol. The third-order valence-corrected chi connectivity index (χ3v) is 5.39. The van der Waals surface area contributed by atoms with E-state index in [0.717, 1.165) is 30.0 Å². The zero-order valence-electron chi connectivity index (χ0n) is 11.5. The van der Waals surface area contributed by atoms with Gasteiger partial charge in [-0.05, 0) is 56.9 Å². The van der Waals surface area contributed by atoms with E-state index in [9.17, 15) is 0 Å². The Morgan fingerprint density at radius 3 is 2.41 bits per heavy atom. The SMILES string of the molecule is CC1CCC(N2CCCC(NC3CC3)C2)C1C. The summed E-state index contributed by atoms with van der Waals surface area (Å²) < 4.78 is 0. The van der Waals surface area contributed by atoms with Crippen LogP contribution in [-0.4, -0.2) is 36.1 Å². The Morgan fingerprint density at radius 1 is 0.941 bits per heavy atom. The fraction of sp³-hybridized carbons (Fsp3) is 1.00. The molecule has 0 aromatic heterocycles. The molecular formula is C15H28N2. The lowest BCUT2D eigenvalue weighted by atomic mass is 9.94. The highest BCUT2D eigenvalue weighted by molar-refractivity contribution is 4.93. The Balaban J connectivity index is 1.55. The molecule has 2 heteroatoms. The summed E-state index contributed by atoms with van der Waals surface area (Å²) in [5.41, 5.74) is 0. The smallest absolute Gasteiger partial charge is 0.0198 e. The monoisotopic (exact) mass is 236 g/mol. The summed E-state index contributed by atoms with van der Waals surface area (Å²) in [6, 6.07) is 2.55. The predicted molar refractivity (Wildman–Crippen MR) is 72.1 cm³/mol. The van der Waals surface area contributed by atoms with E-state index in [0.29, 0.717) is 0 Å². The van der Waals surface area contributed by atoms with Crippen LogP contribution in [0.4, 0.5) is 0 Å². The Bertz CT molecular complexity index is 262. The molecule has 98 valence electrons. The summed E-state index contributed by atoms with van der Waals surface area (Å²) >= 11 is 0. The molecule has 0 spiro atoms. The summed E-state index contributed by atoms with van der Waals surface area (Å²) in [6.45, 7) is 7.58. The quantitative estimate of drug-likeness (QED) is 0.810. The van der Waals surface area contributed by atoms with E-state index in [1.807, 2.05) is 0 Å². The fourth-order valence-electron chi connectivity index (χ4n) is 3.88. The summed E-state index contributed by atoms with van der Waals surface area (Å²) in [4.78, 5) is 2.80. The Hall–Kier alpha value is -0.0800. The van der Waals surface area contributed by atoms with Gasteiger partial charge in [0.1, 0.15) is 0 Å². The average Bonchev–Trinajstić information content (AvgIpc) is 3.07. The number of likely N-dealkylation sites (tertiary alicyclic amines) is 1. The van der Waals surface area contributed by atoms with Crippen molar-refractivity contribution in [2.75, 3.05) is 13.1 Å². The van der Waals surface area contributed by atoms with Crippen LogP contribution < -0.4 is 5.32 Å². The van der Waals surface area contributed by atoms with Crippen molar-refractivity contribution in [3.8, 4) is 0 Å². The van der Waals surface area contributed by atoms with Gasteiger partial charge in [-0.2, -0.15) is 0 Å². The van der Waals surface area contributed by atoms with Crippen molar-refractivity contribution in [2.24, 2.45) is 11.8 Å². The van der Waals surface area contributed by atoms with E-state index in [1.54, 1.807) is 0 Å². The number of piperidine rings is 1. The maximum absolute atomic E-state index is 3.83. The molecule has 1 heterocycles. The molecule has 0 bridgehead atoms. The molecule has 1 N–H and O–H groups in total. The van der Waals surface area contributed by atoms with Crippen molar-refractivity contribution in [3.63, 3.8) is 0 Å². The predicted octanol–water partition coefficient (Wildman–Crippen LogP) is 2.64. The molecule has 3 aliphatic rings. The molecule has 1 aliphatic heterocycles. The standard InChI is InChI=1S/C15H28N2/c1-11-5-8-15(12(11)2)17-9-3-4-14(10-17)16-13-6-7-13/h11-16H,3-10H2,1-2H3. The van der Waals surface area contributed by atoms with Crippen molar-refractivity contribution in [2.45, 2.75) is 70.5 Å². The van der Waals surface area contributed by atoms with Gasteiger partial charge in [0.2, 0.25) is 0 Å². The van der Waals surface area contributed by atoms with E-state index in [1.165, 1.54) is 51.6 Å². The average molecular weight is 236 g/mol. The molecule has 0 aromatic carbocycles. The van der Waals surface area contributed by atoms with Gasteiger partial charge in [-0.1, -0.05) is 13.8 Å². The minimum Gasteiger partial charge on any atom is -0.310 e. The van der Waals surface area contributed by atoms with Crippen molar-refractivity contribution < 1.29 is 0 Å². The molecule has 3 rings (SSSR count). The second-order valence-electron chi connectivity index (χ2n) is 6.76. The van der Waals surface area contributed by atoms with Crippen LogP contribution in [0.2, 0.25) is 0 Å². The first-order valence-electron chi connectivity index (χ1n) is 7.74. The molecule has 3 fully saturated rings. The molecule has 1 saturated heterocycles. The highest BCUT2D eigenvalue weighted by Gasteiger charge is 2.36. The minimum atomic E-state index is 0.791. The lowest BCUT2D eigenvalue weighted by molar-refractivity contribution is 0.109. The van der Waals surface area contributed by atoms with E-state index in [2.05, 4.69) is 24.1 Å². The van der Waals surface area contributed by atoms with Crippen LogP contribution in [0.5, 0.6) is 0 Å². The van der Waals surface area contributed by atoms with Gasteiger partial charge >= 0.3 is 0 Å². The van der Waals surface area contributed by atoms with E-state index in [4.69, 9.17) is 0 Å². The maximum atomic E-state index is 3.83. The van der Waals surface area contributed by atoms with Crippen LogP contribution >= 0.6 is 0 Å². The number of rotatable bonds is 3. The van der Waals surface area contributed by atoms with Crippen LogP contribution in [0, 0.1) is 11.8 Å². The van der Waals surface area contributed by atoms with Gasteiger partial charge in [-0.3, -0.25) is 4.90 Å². The highest BCUT2D eigenvalue weighted by atomic mass is 15.2. The van der Waals surface area contributed by atoms with Crippen molar-refractivity contribution >= 4 is 0 Å². The molecule has 4 unspecified atom stereocenters. The lowest BCUT2D eigenvalue weighted by Crippen LogP contribution is -2.51. The Morgan fingerprint density at radius 2 is 1.76 bits per heavy atom. The van der Waals surface area contributed by atoms with Gasteiger partial charge in [0.05, 0.1) is 0 Å². The van der Waals surface area contributed by atoms with Crippen molar-refractivity contribution in [3.05, 3.63) is 0 Å². The first kappa shape index (κ1) is 12.0. The molecule has 2 nitrogen and oxygen atoms in total. The van der Waals surface area contributed by atoms with Gasteiger partial charge in [0.15, 0.2) is 0 Å². The Kier molecular flexibility index (Phi) is 3.45. The van der Waals surface area contributed by atoms with Gasteiger partial charge in [-0.25, -0.2) is 0 Å². The van der Waals surface area contributed by atoms with E-state index >= 15 is 0 Å². The number of hydrogen-bond donors (Lipinski definition) is 1. The minimum absolute atomic E-state index is 0.791. The van der Waals surface area contributed by atoms with Gasteiger partial charge in [0, 0.05) is 24.7 Å². The number of hydrogen-bond acceptors (Lipinski definition) is 2. The van der Waals surface area contributed by atoms with Crippen molar-refractivity contribution in [1.82, 2.24) is 10.2 Å². The van der Waals surface area contributed by atoms with Crippen molar-refractivity contribution in [1.29, 1.82) is 0 Å².